The summed E-state index contributed by atoms with van der Waals surface area (Å²) in [5, 5.41) is 11.1. The number of carboxylic acids is 1. The van der Waals surface area contributed by atoms with E-state index in [1.54, 1.807) is 0 Å². The Balaban J connectivity index is 2.16. The number of anilines is 1. The Morgan fingerprint density at radius 2 is 1.75 bits per heavy atom. The van der Waals surface area contributed by atoms with Crippen molar-refractivity contribution in [1.29, 1.82) is 0 Å². The molecule has 0 aliphatic heterocycles. The first-order valence-corrected chi connectivity index (χ1v) is 6.09. The predicted molar refractivity (Wildman–Crippen MR) is 63.4 cm³/mol. The van der Waals surface area contributed by atoms with Gasteiger partial charge in [0.1, 0.15) is 0 Å². The van der Waals surface area contributed by atoms with Gasteiger partial charge in [-0.3, -0.25) is 9.59 Å². The third-order valence-corrected chi connectivity index (χ3v) is 3.46. The van der Waals surface area contributed by atoms with Gasteiger partial charge in [-0.15, -0.1) is 0 Å². The van der Waals surface area contributed by atoms with Gasteiger partial charge in [-0.2, -0.15) is 0 Å². The quantitative estimate of drug-likeness (QED) is 0.840. The number of carbonyl (C=O) groups excluding carboxylic acids is 1. The second-order valence-corrected chi connectivity index (χ2v) is 4.69. The highest BCUT2D eigenvalue weighted by molar-refractivity contribution is 5.95. The Labute approximate surface area is 112 Å². The summed E-state index contributed by atoms with van der Waals surface area (Å²) < 4.78 is 39.2. The van der Waals surface area contributed by atoms with Crippen LogP contribution in [-0.4, -0.2) is 17.0 Å². The molecule has 7 heteroatoms. The molecule has 2 rings (SSSR count). The number of halogens is 3. The van der Waals surface area contributed by atoms with E-state index in [1.807, 2.05) is 0 Å². The van der Waals surface area contributed by atoms with Crippen molar-refractivity contribution in [2.45, 2.75) is 19.3 Å². The van der Waals surface area contributed by atoms with Gasteiger partial charge in [-0.1, -0.05) is 6.42 Å². The van der Waals surface area contributed by atoms with Gasteiger partial charge in [0.2, 0.25) is 5.91 Å². The zero-order valence-corrected chi connectivity index (χ0v) is 10.3. The largest absolute Gasteiger partial charge is 0.481 e. The summed E-state index contributed by atoms with van der Waals surface area (Å²) in [7, 11) is 0. The molecular formula is C13H12F3NO3. The molecule has 2 N–H and O–H groups in total. The molecule has 1 amide bonds. The van der Waals surface area contributed by atoms with Crippen molar-refractivity contribution in [3.05, 3.63) is 29.6 Å². The SMILES string of the molecule is O=C(O)[C@H]1CCC[C@H]1C(=O)Nc1ccc(F)c(F)c1F. The Hall–Kier alpha value is -2.05. The zero-order chi connectivity index (χ0) is 14.9. The van der Waals surface area contributed by atoms with Crippen LogP contribution in [0, 0.1) is 29.3 Å². The first-order valence-electron chi connectivity index (χ1n) is 6.09. The van der Waals surface area contributed by atoms with Crippen LogP contribution in [-0.2, 0) is 9.59 Å². The number of carboxylic acid groups (broad SMARTS) is 1. The summed E-state index contributed by atoms with van der Waals surface area (Å²) in [6.07, 6.45) is 1.32. The molecule has 0 saturated heterocycles. The number of hydrogen-bond donors (Lipinski definition) is 2. The number of amides is 1. The van der Waals surface area contributed by atoms with Gasteiger partial charge in [-0.05, 0) is 25.0 Å². The van der Waals surface area contributed by atoms with Crippen molar-refractivity contribution in [2.75, 3.05) is 5.32 Å². The molecule has 4 nitrogen and oxygen atoms in total. The smallest absolute Gasteiger partial charge is 0.307 e. The normalized spacial score (nSPS) is 21.8. The highest BCUT2D eigenvalue weighted by atomic mass is 19.2. The standard InChI is InChI=1S/C13H12F3NO3/c14-8-4-5-9(11(16)10(8)15)17-12(18)6-2-1-3-7(6)13(19)20/h4-7H,1-3H2,(H,17,18)(H,19,20)/t6-,7+/m1/s1. The maximum atomic E-state index is 13.4. The third-order valence-electron chi connectivity index (χ3n) is 3.46. The molecule has 0 spiro atoms. The fraction of sp³-hybridized carbons (Fsp3) is 0.385. The van der Waals surface area contributed by atoms with Crippen LogP contribution in [0.4, 0.5) is 18.9 Å². The minimum atomic E-state index is -1.68. The Morgan fingerprint density at radius 3 is 2.40 bits per heavy atom. The Morgan fingerprint density at radius 1 is 1.10 bits per heavy atom. The van der Waals surface area contributed by atoms with Crippen LogP contribution in [0.3, 0.4) is 0 Å². The predicted octanol–water partition coefficient (Wildman–Crippen LogP) is 2.54. The first kappa shape index (κ1) is 14.4. The molecule has 1 aromatic carbocycles. The van der Waals surface area contributed by atoms with E-state index in [-0.39, 0.29) is 0 Å². The van der Waals surface area contributed by atoms with Crippen molar-refractivity contribution < 1.29 is 27.9 Å². The highest BCUT2D eigenvalue weighted by Crippen LogP contribution is 2.33. The molecule has 0 unspecified atom stereocenters. The molecule has 20 heavy (non-hydrogen) atoms. The molecule has 0 heterocycles. The second kappa shape index (κ2) is 5.52. The van der Waals surface area contributed by atoms with Crippen molar-refractivity contribution in [2.24, 2.45) is 11.8 Å². The molecule has 2 atom stereocenters. The van der Waals surface area contributed by atoms with Crippen LogP contribution < -0.4 is 5.32 Å². The van der Waals surface area contributed by atoms with Gasteiger partial charge < -0.3 is 10.4 Å². The van der Waals surface area contributed by atoms with Crippen LogP contribution in [0.5, 0.6) is 0 Å². The monoisotopic (exact) mass is 287 g/mol. The summed E-state index contributed by atoms with van der Waals surface area (Å²) in [5.74, 6) is -7.94. The lowest BCUT2D eigenvalue weighted by Crippen LogP contribution is -2.30. The number of benzene rings is 1. The molecule has 1 saturated carbocycles. The minimum Gasteiger partial charge on any atom is -0.481 e. The summed E-state index contributed by atoms with van der Waals surface area (Å²) in [6.45, 7) is 0. The number of nitrogens with one attached hydrogen (secondary N) is 1. The van der Waals surface area contributed by atoms with Crippen LogP contribution in [0.1, 0.15) is 19.3 Å². The van der Waals surface area contributed by atoms with Crippen LogP contribution in [0.25, 0.3) is 0 Å². The lowest BCUT2D eigenvalue weighted by atomic mass is 9.95. The van der Waals surface area contributed by atoms with Gasteiger partial charge >= 0.3 is 5.97 Å². The van der Waals surface area contributed by atoms with Gasteiger partial charge in [0.05, 0.1) is 17.5 Å². The van der Waals surface area contributed by atoms with Gasteiger partial charge in [0.15, 0.2) is 17.5 Å². The van der Waals surface area contributed by atoms with Crippen molar-refractivity contribution in [3.8, 4) is 0 Å². The fourth-order valence-electron chi connectivity index (χ4n) is 2.42. The lowest BCUT2D eigenvalue weighted by Gasteiger charge is -2.16. The van der Waals surface area contributed by atoms with Gasteiger partial charge in [0, 0.05) is 0 Å². The number of rotatable bonds is 3. The fourth-order valence-corrected chi connectivity index (χ4v) is 2.42. The van der Waals surface area contributed by atoms with Crippen LogP contribution in [0.2, 0.25) is 0 Å². The van der Waals surface area contributed by atoms with Crippen molar-refractivity contribution in [3.63, 3.8) is 0 Å². The highest BCUT2D eigenvalue weighted by Gasteiger charge is 2.38. The molecule has 1 aromatic rings. The number of carbonyl (C=O) groups is 2. The zero-order valence-electron chi connectivity index (χ0n) is 10.3. The van der Waals surface area contributed by atoms with Crippen LogP contribution >= 0.6 is 0 Å². The van der Waals surface area contributed by atoms with E-state index in [2.05, 4.69) is 5.32 Å². The summed E-state index contributed by atoms with van der Waals surface area (Å²) >= 11 is 0. The Bertz CT molecular complexity index is 562. The average Bonchev–Trinajstić information content (AvgIpc) is 2.89. The van der Waals surface area contributed by atoms with Crippen molar-refractivity contribution >= 4 is 17.6 Å². The molecular weight excluding hydrogens is 275 g/mol. The maximum absolute atomic E-state index is 13.4. The van der Waals surface area contributed by atoms with E-state index in [9.17, 15) is 22.8 Å². The Kier molecular flexibility index (Phi) is 3.96. The third kappa shape index (κ3) is 2.61. The van der Waals surface area contributed by atoms with E-state index in [1.165, 1.54) is 0 Å². The lowest BCUT2D eigenvalue weighted by molar-refractivity contribution is -0.145. The molecule has 1 fully saturated rings. The summed E-state index contributed by atoms with van der Waals surface area (Å²) in [4.78, 5) is 22.9. The minimum absolute atomic E-state index is 0.369. The van der Waals surface area contributed by atoms with Gasteiger partial charge in [0.25, 0.3) is 0 Å². The first-order chi connectivity index (χ1) is 9.41. The molecule has 0 aromatic heterocycles. The van der Waals surface area contributed by atoms with Crippen LogP contribution in [0.15, 0.2) is 12.1 Å². The average molecular weight is 287 g/mol. The summed E-state index contributed by atoms with van der Waals surface area (Å²) in [5.41, 5.74) is -0.495. The molecule has 108 valence electrons. The van der Waals surface area contributed by atoms with E-state index >= 15 is 0 Å². The van der Waals surface area contributed by atoms with E-state index in [0.29, 0.717) is 25.3 Å². The maximum Gasteiger partial charge on any atom is 0.307 e. The molecule has 0 bridgehead atoms. The second-order valence-electron chi connectivity index (χ2n) is 4.69. The number of aliphatic carboxylic acids is 1. The topological polar surface area (TPSA) is 66.4 Å². The van der Waals surface area contributed by atoms with E-state index < -0.39 is 46.9 Å². The van der Waals surface area contributed by atoms with E-state index in [4.69, 9.17) is 5.11 Å². The summed E-state index contributed by atoms with van der Waals surface area (Å²) in [6, 6.07) is 1.59. The van der Waals surface area contributed by atoms with Crippen molar-refractivity contribution in [1.82, 2.24) is 0 Å². The molecule has 1 aliphatic rings. The van der Waals surface area contributed by atoms with E-state index in [0.717, 1.165) is 6.07 Å². The van der Waals surface area contributed by atoms with Gasteiger partial charge in [-0.25, -0.2) is 13.2 Å². The molecule has 1 aliphatic carbocycles. The molecule has 0 radical (unpaired) electrons. The number of hydrogen-bond acceptors (Lipinski definition) is 2.